The molecule has 1 aliphatic carbocycles. The minimum atomic E-state index is -0.464. The van der Waals surface area contributed by atoms with Gasteiger partial charge in [0, 0.05) is 0 Å². The van der Waals surface area contributed by atoms with E-state index in [0.29, 0.717) is 6.61 Å². The van der Waals surface area contributed by atoms with Crippen LogP contribution in [-0.2, 0) is 19.7 Å². The molecule has 0 saturated heterocycles. The molecule has 19 heavy (non-hydrogen) atoms. The number of rotatable bonds is 5. The van der Waals surface area contributed by atoms with Gasteiger partial charge in [0.2, 0.25) is 0 Å². The Balaban J connectivity index is 2.20. The molecule has 1 aliphatic rings. The van der Waals surface area contributed by atoms with Crippen molar-refractivity contribution in [3.8, 4) is 0 Å². The van der Waals surface area contributed by atoms with E-state index in [-0.39, 0.29) is 12.2 Å². The number of benzene rings is 1. The van der Waals surface area contributed by atoms with E-state index < -0.39 is 11.4 Å². The first-order valence-corrected chi connectivity index (χ1v) is 6.93. The molecule has 102 valence electrons. The van der Waals surface area contributed by atoms with E-state index in [9.17, 15) is 9.59 Å². The van der Waals surface area contributed by atoms with Crippen LogP contribution in [0.15, 0.2) is 30.3 Å². The summed E-state index contributed by atoms with van der Waals surface area (Å²) < 4.78 is 4.89. The molecule has 0 amide bonds. The number of hydrogen-bond donors (Lipinski definition) is 0. The van der Waals surface area contributed by atoms with Crippen LogP contribution in [0.1, 0.15) is 44.6 Å². The second-order valence-electron chi connectivity index (χ2n) is 5.06. The average molecular weight is 260 g/mol. The van der Waals surface area contributed by atoms with Gasteiger partial charge in [-0.2, -0.15) is 0 Å². The summed E-state index contributed by atoms with van der Waals surface area (Å²) in [4.78, 5) is 24.1. The fraction of sp³-hybridized carbons (Fsp3) is 0.500. The summed E-state index contributed by atoms with van der Waals surface area (Å²) in [5, 5.41) is 0. The highest BCUT2D eigenvalue weighted by atomic mass is 16.5. The van der Waals surface area contributed by atoms with E-state index in [0.717, 1.165) is 31.2 Å². The predicted octanol–water partition coefficient (Wildman–Crippen LogP) is 3.02. The van der Waals surface area contributed by atoms with Crippen molar-refractivity contribution >= 4 is 11.8 Å². The van der Waals surface area contributed by atoms with Crippen LogP contribution < -0.4 is 0 Å². The lowest BCUT2D eigenvalue weighted by molar-refractivity contribution is -0.146. The van der Waals surface area contributed by atoms with Gasteiger partial charge < -0.3 is 4.74 Å². The van der Waals surface area contributed by atoms with Gasteiger partial charge in [-0.05, 0) is 25.3 Å². The Morgan fingerprint density at radius 3 is 2.37 bits per heavy atom. The minimum absolute atomic E-state index is 0.00894. The van der Waals surface area contributed by atoms with Crippen molar-refractivity contribution < 1.29 is 14.3 Å². The number of ether oxygens (including phenoxy) is 1. The largest absolute Gasteiger partial charge is 0.466 e. The van der Waals surface area contributed by atoms with Gasteiger partial charge in [0.05, 0.1) is 12.0 Å². The molecular formula is C16H20O3. The van der Waals surface area contributed by atoms with Gasteiger partial charge >= 0.3 is 5.97 Å². The van der Waals surface area contributed by atoms with Crippen molar-refractivity contribution in [1.29, 1.82) is 0 Å². The SMILES string of the molecule is CCOC(=O)CC(=O)C1(c2ccccc2)CCCC1. The molecule has 3 heteroatoms. The number of carbonyl (C=O) groups excluding carboxylic acids is 2. The molecule has 1 aromatic carbocycles. The third kappa shape index (κ3) is 2.86. The number of Topliss-reactive ketones (excluding diaryl/α,β-unsaturated/α-hetero) is 1. The fourth-order valence-corrected chi connectivity index (χ4v) is 2.98. The highest BCUT2D eigenvalue weighted by molar-refractivity contribution is 6.01. The summed E-state index contributed by atoms with van der Waals surface area (Å²) in [5.74, 6) is -0.399. The molecule has 0 heterocycles. The quantitative estimate of drug-likeness (QED) is 0.603. The Bertz CT molecular complexity index is 444. The summed E-state index contributed by atoms with van der Waals surface area (Å²) >= 11 is 0. The van der Waals surface area contributed by atoms with E-state index in [1.54, 1.807) is 6.92 Å². The number of ketones is 1. The Morgan fingerprint density at radius 1 is 1.16 bits per heavy atom. The van der Waals surface area contributed by atoms with E-state index in [1.165, 1.54) is 0 Å². The summed E-state index contributed by atoms with van der Waals surface area (Å²) in [6.07, 6.45) is 3.67. The molecule has 1 saturated carbocycles. The third-order valence-electron chi connectivity index (χ3n) is 3.93. The zero-order chi connectivity index (χ0) is 13.7. The molecular weight excluding hydrogens is 240 g/mol. The third-order valence-corrected chi connectivity index (χ3v) is 3.93. The molecule has 3 nitrogen and oxygen atoms in total. The zero-order valence-corrected chi connectivity index (χ0v) is 11.4. The maximum absolute atomic E-state index is 12.6. The molecule has 0 aliphatic heterocycles. The second-order valence-corrected chi connectivity index (χ2v) is 5.06. The molecule has 2 rings (SSSR count). The molecule has 0 aromatic heterocycles. The lowest BCUT2D eigenvalue weighted by Gasteiger charge is -2.27. The predicted molar refractivity (Wildman–Crippen MR) is 72.8 cm³/mol. The topological polar surface area (TPSA) is 43.4 Å². The van der Waals surface area contributed by atoms with Gasteiger partial charge in [0.15, 0.2) is 5.78 Å². The van der Waals surface area contributed by atoms with Crippen molar-refractivity contribution in [2.75, 3.05) is 6.61 Å². The first-order chi connectivity index (χ1) is 9.19. The number of hydrogen-bond acceptors (Lipinski definition) is 3. The normalized spacial score (nSPS) is 17.1. The van der Waals surface area contributed by atoms with Crippen LogP contribution >= 0.6 is 0 Å². The van der Waals surface area contributed by atoms with Gasteiger partial charge in [0.25, 0.3) is 0 Å². The van der Waals surface area contributed by atoms with E-state index in [1.807, 2.05) is 30.3 Å². The molecule has 0 atom stereocenters. The van der Waals surface area contributed by atoms with Gasteiger partial charge in [-0.15, -0.1) is 0 Å². The summed E-state index contributed by atoms with van der Waals surface area (Å²) in [6, 6.07) is 9.84. The Morgan fingerprint density at radius 2 is 1.79 bits per heavy atom. The van der Waals surface area contributed by atoms with Crippen molar-refractivity contribution in [1.82, 2.24) is 0 Å². The smallest absolute Gasteiger partial charge is 0.313 e. The summed E-state index contributed by atoms with van der Waals surface area (Å²) in [5.41, 5.74) is 0.579. The van der Waals surface area contributed by atoms with Crippen molar-refractivity contribution in [2.45, 2.75) is 44.4 Å². The van der Waals surface area contributed by atoms with Crippen LogP contribution in [0, 0.1) is 0 Å². The van der Waals surface area contributed by atoms with Gasteiger partial charge in [0.1, 0.15) is 6.42 Å². The number of esters is 1. The van der Waals surface area contributed by atoms with Crippen LogP contribution in [0.2, 0.25) is 0 Å². The van der Waals surface area contributed by atoms with Crippen molar-refractivity contribution in [3.63, 3.8) is 0 Å². The Hall–Kier alpha value is -1.64. The first kappa shape index (κ1) is 13.8. The molecule has 0 radical (unpaired) electrons. The van der Waals surface area contributed by atoms with E-state index in [4.69, 9.17) is 4.74 Å². The maximum atomic E-state index is 12.6. The van der Waals surface area contributed by atoms with E-state index in [2.05, 4.69) is 0 Å². The molecule has 0 unspecified atom stereocenters. The maximum Gasteiger partial charge on any atom is 0.313 e. The molecule has 0 N–H and O–H groups in total. The Labute approximate surface area is 114 Å². The van der Waals surface area contributed by atoms with Gasteiger partial charge in [-0.25, -0.2) is 0 Å². The van der Waals surface area contributed by atoms with Crippen molar-refractivity contribution in [3.05, 3.63) is 35.9 Å². The lowest BCUT2D eigenvalue weighted by atomic mass is 9.74. The fourth-order valence-electron chi connectivity index (χ4n) is 2.98. The van der Waals surface area contributed by atoms with Crippen molar-refractivity contribution in [2.24, 2.45) is 0 Å². The monoisotopic (exact) mass is 260 g/mol. The summed E-state index contributed by atoms with van der Waals surface area (Å²) in [7, 11) is 0. The van der Waals surface area contributed by atoms with E-state index >= 15 is 0 Å². The molecule has 0 spiro atoms. The van der Waals surface area contributed by atoms with Crippen LogP contribution in [0.5, 0.6) is 0 Å². The minimum Gasteiger partial charge on any atom is -0.466 e. The zero-order valence-electron chi connectivity index (χ0n) is 11.4. The van der Waals surface area contributed by atoms with Gasteiger partial charge in [-0.3, -0.25) is 9.59 Å². The highest BCUT2D eigenvalue weighted by Gasteiger charge is 2.42. The van der Waals surface area contributed by atoms with Crippen LogP contribution in [0.25, 0.3) is 0 Å². The van der Waals surface area contributed by atoms with Crippen LogP contribution in [-0.4, -0.2) is 18.4 Å². The van der Waals surface area contributed by atoms with Crippen LogP contribution in [0.3, 0.4) is 0 Å². The second kappa shape index (κ2) is 6.00. The summed E-state index contributed by atoms with van der Waals surface area (Å²) in [6.45, 7) is 2.08. The molecule has 1 fully saturated rings. The first-order valence-electron chi connectivity index (χ1n) is 6.93. The standard InChI is InChI=1S/C16H20O3/c1-2-19-15(18)12-14(17)16(10-6-7-11-16)13-8-4-3-5-9-13/h3-5,8-9H,2,6-7,10-12H2,1H3. The van der Waals surface area contributed by atoms with Crippen LogP contribution in [0.4, 0.5) is 0 Å². The average Bonchev–Trinajstić information content (AvgIpc) is 2.90. The highest BCUT2D eigenvalue weighted by Crippen LogP contribution is 2.42. The Kier molecular flexibility index (Phi) is 4.35. The van der Waals surface area contributed by atoms with Gasteiger partial charge in [-0.1, -0.05) is 43.2 Å². The number of carbonyl (C=O) groups is 2. The molecule has 1 aromatic rings. The molecule has 0 bridgehead atoms. The lowest BCUT2D eigenvalue weighted by Crippen LogP contribution is -2.34.